The van der Waals surface area contributed by atoms with Gasteiger partial charge in [0, 0.05) is 10.0 Å². The monoisotopic (exact) mass is 318 g/mol. The number of halogens is 1. The molecule has 0 unspecified atom stereocenters. The van der Waals surface area contributed by atoms with E-state index in [9.17, 15) is 5.11 Å². The van der Waals surface area contributed by atoms with Crippen LogP contribution in [0, 0.1) is 0 Å². The third-order valence-corrected chi connectivity index (χ3v) is 3.13. The molecule has 0 aliphatic heterocycles. The van der Waals surface area contributed by atoms with Gasteiger partial charge < -0.3 is 9.84 Å². The molecule has 0 spiro atoms. The van der Waals surface area contributed by atoms with Gasteiger partial charge in [0.05, 0.1) is 6.61 Å². The van der Waals surface area contributed by atoms with E-state index in [4.69, 9.17) is 4.74 Å². The van der Waals surface area contributed by atoms with Crippen molar-refractivity contribution in [3.05, 3.63) is 70.2 Å². The number of hydrogen-bond acceptors (Lipinski definition) is 2. The minimum atomic E-state index is -0.0306. The Bertz CT molecular complexity index is 550. The fourth-order valence-electron chi connectivity index (χ4n) is 1.70. The number of ether oxygens (including phenoxy) is 1. The van der Waals surface area contributed by atoms with Crippen molar-refractivity contribution < 1.29 is 9.84 Å². The maximum atomic E-state index is 9.26. The van der Waals surface area contributed by atoms with Gasteiger partial charge in [-0.1, -0.05) is 52.3 Å². The van der Waals surface area contributed by atoms with Crippen LogP contribution in [0.1, 0.15) is 11.1 Å². The van der Waals surface area contributed by atoms with E-state index >= 15 is 0 Å². The van der Waals surface area contributed by atoms with E-state index < -0.39 is 0 Å². The lowest BCUT2D eigenvalue weighted by Gasteiger charge is -2.08. The van der Waals surface area contributed by atoms with Crippen molar-refractivity contribution in [1.29, 1.82) is 0 Å². The first kappa shape index (κ1) is 13.8. The number of benzene rings is 2. The maximum absolute atomic E-state index is 9.26. The molecular formula is C16H15BrO2. The number of aliphatic hydroxyl groups is 1. The summed E-state index contributed by atoms with van der Waals surface area (Å²) in [6.07, 6.45) is 3.97. The smallest absolute Gasteiger partial charge is 0.125 e. The summed E-state index contributed by atoms with van der Waals surface area (Å²) < 4.78 is 6.57. The minimum absolute atomic E-state index is 0.0306. The van der Waals surface area contributed by atoms with E-state index in [1.165, 1.54) is 0 Å². The van der Waals surface area contributed by atoms with Gasteiger partial charge in [-0.2, -0.15) is 0 Å². The quantitative estimate of drug-likeness (QED) is 0.901. The Morgan fingerprint density at radius 1 is 1.11 bits per heavy atom. The molecule has 19 heavy (non-hydrogen) atoms. The highest BCUT2D eigenvalue weighted by Crippen LogP contribution is 2.23. The van der Waals surface area contributed by atoms with E-state index in [0.29, 0.717) is 12.4 Å². The van der Waals surface area contributed by atoms with Gasteiger partial charge in [-0.25, -0.2) is 0 Å². The summed E-state index contributed by atoms with van der Waals surface area (Å²) in [5.74, 6) is 0.711. The van der Waals surface area contributed by atoms with E-state index in [1.54, 1.807) is 0 Å². The highest BCUT2D eigenvalue weighted by Gasteiger charge is 2.02. The van der Waals surface area contributed by atoms with Crippen LogP contribution in [0.15, 0.2) is 59.1 Å². The van der Waals surface area contributed by atoms with Crippen molar-refractivity contribution in [2.24, 2.45) is 0 Å². The molecule has 2 nitrogen and oxygen atoms in total. The van der Waals surface area contributed by atoms with Gasteiger partial charge >= 0.3 is 0 Å². The van der Waals surface area contributed by atoms with Crippen molar-refractivity contribution in [2.75, 3.05) is 6.61 Å². The summed E-state index contributed by atoms with van der Waals surface area (Å²) in [7, 11) is 0. The van der Waals surface area contributed by atoms with E-state index in [2.05, 4.69) is 15.9 Å². The molecule has 0 heterocycles. The zero-order chi connectivity index (χ0) is 13.5. The Kier molecular flexibility index (Phi) is 5.19. The highest BCUT2D eigenvalue weighted by molar-refractivity contribution is 9.10. The molecule has 0 aliphatic rings. The first-order valence-corrected chi connectivity index (χ1v) is 6.82. The SMILES string of the molecule is OCc1cc(Br)ccc1OC/C=C/c1ccccc1. The molecular weight excluding hydrogens is 304 g/mol. The van der Waals surface area contributed by atoms with Crippen LogP contribution in [0.25, 0.3) is 6.08 Å². The van der Waals surface area contributed by atoms with Crippen molar-refractivity contribution in [3.8, 4) is 5.75 Å². The zero-order valence-electron chi connectivity index (χ0n) is 10.4. The lowest BCUT2D eigenvalue weighted by Crippen LogP contribution is -1.97. The summed E-state index contributed by atoms with van der Waals surface area (Å²) in [6.45, 7) is 0.445. The van der Waals surface area contributed by atoms with Gasteiger partial charge in [0.25, 0.3) is 0 Å². The molecule has 0 aliphatic carbocycles. The summed E-state index contributed by atoms with van der Waals surface area (Å²) >= 11 is 3.37. The van der Waals surface area contributed by atoms with Crippen molar-refractivity contribution >= 4 is 22.0 Å². The predicted octanol–water partition coefficient (Wildman–Crippen LogP) is 4.03. The van der Waals surface area contributed by atoms with E-state index in [1.807, 2.05) is 60.7 Å². The van der Waals surface area contributed by atoms with Crippen molar-refractivity contribution in [2.45, 2.75) is 6.61 Å². The predicted molar refractivity (Wildman–Crippen MR) is 81.0 cm³/mol. The normalized spacial score (nSPS) is 10.8. The minimum Gasteiger partial charge on any atom is -0.489 e. The van der Waals surface area contributed by atoms with Gasteiger partial charge in [-0.05, 0) is 29.8 Å². The molecule has 0 aromatic heterocycles. The molecule has 0 bridgehead atoms. The average molecular weight is 319 g/mol. The Hall–Kier alpha value is -1.58. The topological polar surface area (TPSA) is 29.5 Å². The Morgan fingerprint density at radius 2 is 1.89 bits per heavy atom. The molecule has 2 rings (SSSR count). The third kappa shape index (κ3) is 4.23. The zero-order valence-corrected chi connectivity index (χ0v) is 12.0. The summed E-state index contributed by atoms with van der Waals surface area (Å²) in [6, 6.07) is 15.7. The fraction of sp³-hybridized carbons (Fsp3) is 0.125. The molecule has 0 fully saturated rings. The molecule has 2 aromatic rings. The van der Waals surface area contributed by atoms with Crippen LogP contribution in [-0.4, -0.2) is 11.7 Å². The Labute approximate surface area is 121 Å². The van der Waals surface area contributed by atoms with Gasteiger partial charge in [-0.3, -0.25) is 0 Å². The Morgan fingerprint density at radius 3 is 2.63 bits per heavy atom. The fourth-order valence-corrected chi connectivity index (χ4v) is 2.11. The number of rotatable bonds is 5. The summed E-state index contributed by atoms with van der Waals surface area (Å²) in [5.41, 5.74) is 1.92. The van der Waals surface area contributed by atoms with Crippen LogP contribution in [0.4, 0.5) is 0 Å². The van der Waals surface area contributed by atoms with Gasteiger partial charge in [0.1, 0.15) is 12.4 Å². The van der Waals surface area contributed by atoms with Crippen LogP contribution >= 0.6 is 15.9 Å². The number of aliphatic hydroxyl groups excluding tert-OH is 1. The van der Waals surface area contributed by atoms with Crippen LogP contribution < -0.4 is 4.74 Å². The van der Waals surface area contributed by atoms with Crippen molar-refractivity contribution in [3.63, 3.8) is 0 Å². The summed E-state index contributed by atoms with van der Waals surface area (Å²) in [4.78, 5) is 0. The first-order valence-electron chi connectivity index (χ1n) is 6.03. The van der Waals surface area contributed by atoms with Crippen LogP contribution in [-0.2, 0) is 6.61 Å². The number of hydrogen-bond donors (Lipinski definition) is 1. The second-order valence-corrected chi connectivity index (χ2v) is 4.95. The molecule has 0 radical (unpaired) electrons. The van der Waals surface area contributed by atoms with Gasteiger partial charge in [0.15, 0.2) is 0 Å². The lowest BCUT2D eigenvalue weighted by molar-refractivity contribution is 0.270. The molecule has 3 heteroatoms. The maximum Gasteiger partial charge on any atom is 0.125 e. The summed E-state index contributed by atoms with van der Waals surface area (Å²) in [5, 5.41) is 9.26. The largest absolute Gasteiger partial charge is 0.489 e. The van der Waals surface area contributed by atoms with Crippen LogP contribution in [0.3, 0.4) is 0 Å². The second-order valence-electron chi connectivity index (χ2n) is 4.03. The third-order valence-electron chi connectivity index (χ3n) is 2.64. The average Bonchev–Trinajstić information content (AvgIpc) is 2.46. The molecule has 0 saturated heterocycles. The molecule has 0 amide bonds. The Balaban J connectivity index is 1.94. The van der Waals surface area contributed by atoms with E-state index in [-0.39, 0.29) is 6.61 Å². The highest BCUT2D eigenvalue weighted by atomic mass is 79.9. The first-order chi connectivity index (χ1) is 9.29. The molecule has 2 aromatic carbocycles. The van der Waals surface area contributed by atoms with E-state index in [0.717, 1.165) is 15.6 Å². The molecule has 0 atom stereocenters. The molecule has 0 saturated carbocycles. The van der Waals surface area contributed by atoms with Crippen LogP contribution in [0.2, 0.25) is 0 Å². The molecule has 1 N–H and O–H groups in total. The van der Waals surface area contributed by atoms with Gasteiger partial charge in [0.2, 0.25) is 0 Å². The second kappa shape index (κ2) is 7.12. The standard InChI is InChI=1S/C16H15BrO2/c17-15-8-9-16(14(11-15)12-18)19-10-4-7-13-5-2-1-3-6-13/h1-9,11,18H,10,12H2/b7-4+. The lowest BCUT2D eigenvalue weighted by atomic mass is 10.2. The van der Waals surface area contributed by atoms with Crippen LogP contribution in [0.5, 0.6) is 5.75 Å². The van der Waals surface area contributed by atoms with Gasteiger partial charge in [-0.15, -0.1) is 0 Å². The van der Waals surface area contributed by atoms with Crippen molar-refractivity contribution in [1.82, 2.24) is 0 Å². The molecule has 98 valence electrons.